The van der Waals surface area contributed by atoms with E-state index in [-0.39, 0.29) is 17.2 Å². The summed E-state index contributed by atoms with van der Waals surface area (Å²) in [6.07, 6.45) is 0.960. The third-order valence-corrected chi connectivity index (χ3v) is 7.09. The first-order chi connectivity index (χ1) is 15.1. The third-order valence-electron chi connectivity index (χ3n) is 4.95. The number of benzene rings is 2. The number of nitrogens with zero attached hydrogens (tertiary/aromatic N) is 2. The van der Waals surface area contributed by atoms with E-state index in [1.807, 2.05) is 67.6 Å². The van der Waals surface area contributed by atoms with Crippen molar-refractivity contribution in [3.05, 3.63) is 76.6 Å². The number of aromatic nitrogens is 2. The van der Waals surface area contributed by atoms with Gasteiger partial charge in [0, 0.05) is 17.1 Å². The first-order valence-corrected chi connectivity index (χ1v) is 12.0. The van der Waals surface area contributed by atoms with Crippen molar-refractivity contribution in [3.8, 4) is 10.4 Å². The van der Waals surface area contributed by atoms with Crippen LogP contribution in [-0.4, -0.2) is 21.2 Å². The van der Waals surface area contributed by atoms with E-state index < -0.39 is 0 Å². The highest BCUT2D eigenvalue weighted by atomic mass is 32.2. The second-order valence-corrected chi connectivity index (χ2v) is 9.02. The Bertz CT molecular complexity index is 1260. The van der Waals surface area contributed by atoms with Crippen LogP contribution in [0.5, 0.6) is 0 Å². The highest BCUT2D eigenvalue weighted by molar-refractivity contribution is 7.99. The van der Waals surface area contributed by atoms with Gasteiger partial charge in [-0.3, -0.25) is 14.2 Å². The number of nitrogens with one attached hydrogen (secondary N) is 1. The summed E-state index contributed by atoms with van der Waals surface area (Å²) in [6, 6.07) is 19.8. The molecule has 31 heavy (non-hydrogen) atoms. The van der Waals surface area contributed by atoms with Gasteiger partial charge in [-0.25, -0.2) is 4.98 Å². The Balaban J connectivity index is 1.55. The van der Waals surface area contributed by atoms with Crippen LogP contribution in [0.3, 0.4) is 0 Å². The number of hydrogen-bond acceptors (Lipinski definition) is 5. The van der Waals surface area contributed by atoms with Crippen LogP contribution in [0.15, 0.2) is 70.6 Å². The topological polar surface area (TPSA) is 64.0 Å². The van der Waals surface area contributed by atoms with Gasteiger partial charge < -0.3 is 5.32 Å². The molecular formula is C24H23N3O2S2. The smallest absolute Gasteiger partial charge is 0.272 e. The van der Waals surface area contributed by atoms with Gasteiger partial charge in [0.05, 0.1) is 11.3 Å². The molecule has 4 aromatic rings. The maximum atomic E-state index is 13.0. The molecule has 0 spiro atoms. The van der Waals surface area contributed by atoms with Crippen LogP contribution in [0.4, 0.5) is 5.69 Å². The Hall–Kier alpha value is -2.90. The Morgan fingerprint density at radius 3 is 2.52 bits per heavy atom. The summed E-state index contributed by atoms with van der Waals surface area (Å²) in [4.78, 5) is 31.2. The van der Waals surface area contributed by atoms with Gasteiger partial charge in [-0.2, -0.15) is 0 Å². The fourth-order valence-corrected chi connectivity index (χ4v) is 5.19. The number of thioether (sulfide) groups is 1. The van der Waals surface area contributed by atoms with Gasteiger partial charge in [0.2, 0.25) is 5.91 Å². The maximum Gasteiger partial charge on any atom is 0.272 e. The molecule has 1 N–H and O–H groups in total. The molecule has 0 aliphatic carbocycles. The lowest BCUT2D eigenvalue weighted by atomic mass is 10.1. The first kappa shape index (κ1) is 21.3. The number of amides is 1. The molecule has 0 fully saturated rings. The van der Waals surface area contributed by atoms with Gasteiger partial charge in [0.15, 0.2) is 5.16 Å². The van der Waals surface area contributed by atoms with E-state index >= 15 is 0 Å². The van der Waals surface area contributed by atoms with E-state index in [1.54, 1.807) is 4.57 Å². The van der Waals surface area contributed by atoms with Crippen molar-refractivity contribution in [2.24, 2.45) is 0 Å². The molecule has 1 amide bonds. The number of hydrogen-bond donors (Lipinski definition) is 1. The summed E-state index contributed by atoms with van der Waals surface area (Å²) in [5, 5.41) is 3.47. The van der Waals surface area contributed by atoms with Crippen LogP contribution in [0, 0.1) is 0 Å². The fraction of sp³-hybridized carbons (Fsp3) is 0.208. The zero-order chi connectivity index (χ0) is 21.8. The predicted molar refractivity (Wildman–Crippen MR) is 130 cm³/mol. The summed E-state index contributed by atoms with van der Waals surface area (Å²) in [5.74, 6) is 0.0601. The molecule has 0 radical (unpaired) electrons. The van der Waals surface area contributed by atoms with Crippen molar-refractivity contribution < 1.29 is 4.79 Å². The zero-order valence-electron chi connectivity index (χ0n) is 17.4. The summed E-state index contributed by atoms with van der Waals surface area (Å²) in [5.41, 5.74) is 3.68. The monoisotopic (exact) mass is 449 g/mol. The largest absolute Gasteiger partial charge is 0.325 e. The number of anilines is 1. The van der Waals surface area contributed by atoms with Gasteiger partial charge in [-0.1, -0.05) is 61.2 Å². The lowest BCUT2D eigenvalue weighted by Gasteiger charge is -2.10. The van der Waals surface area contributed by atoms with Crippen molar-refractivity contribution in [1.29, 1.82) is 0 Å². The van der Waals surface area contributed by atoms with Gasteiger partial charge in [0.1, 0.15) is 4.70 Å². The predicted octanol–water partition coefficient (Wildman–Crippen LogP) is 5.44. The van der Waals surface area contributed by atoms with Crippen LogP contribution in [-0.2, 0) is 17.8 Å². The summed E-state index contributed by atoms with van der Waals surface area (Å²) >= 11 is 2.75. The van der Waals surface area contributed by atoms with Crippen LogP contribution in [0.25, 0.3) is 20.7 Å². The summed E-state index contributed by atoms with van der Waals surface area (Å²) < 4.78 is 2.28. The van der Waals surface area contributed by atoms with Crippen LogP contribution in [0.2, 0.25) is 0 Å². The average Bonchev–Trinajstić information content (AvgIpc) is 3.23. The molecule has 0 bridgehead atoms. The molecule has 0 atom stereocenters. The molecule has 2 aromatic carbocycles. The Morgan fingerprint density at radius 2 is 1.84 bits per heavy atom. The zero-order valence-corrected chi connectivity index (χ0v) is 19.1. The van der Waals surface area contributed by atoms with Gasteiger partial charge in [-0.15, -0.1) is 11.3 Å². The second kappa shape index (κ2) is 9.49. The quantitative estimate of drug-likeness (QED) is 0.301. The standard InChI is InChI=1S/C24H23N3O2S2/c1-3-16-10-12-18(13-11-16)25-21(28)15-30-24-26-19-14-20(17-8-6-5-7-9-17)31-22(19)23(29)27(24)4-2/h5-14H,3-4,15H2,1-2H3,(H,25,28). The van der Waals surface area contributed by atoms with Crippen LogP contribution < -0.4 is 10.9 Å². The van der Waals surface area contributed by atoms with Gasteiger partial charge in [-0.05, 0) is 42.7 Å². The average molecular weight is 450 g/mol. The Morgan fingerprint density at radius 1 is 1.10 bits per heavy atom. The molecule has 0 aliphatic heterocycles. The molecule has 4 rings (SSSR count). The minimum absolute atomic E-state index is 0.0576. The number of aryl methyl sites for hydroxylation is 1. The van der Waals surface area contributed by atoms with Crippen molar-refractivity contribution in [3.63, 3.8) is 0 Å². The minimum Gasteiger partial charge on any atom is -0.325 e. The van der Waals surface area contributed by atoms with Gasteiger partial charge in [0.25, 0.3) is 5.56 Å². The van der Waals surface area contributed by atoms with E-state index in [0.717, 1.165) is 22.5 Å². The van der Waals surface area contributed by atoms with Crippen molar-refractivity contribution >= 4 is 44.9 Å². The highest BCUT2D eigenvalue weighted by Gasteiger charge is 2.15. The van der Waals surface area contributed by atoms with Crippen LogP contribution in [0.1, 0.15) is 19.4 Å². The van der Waals surface area contributed by atoms with E-state index in [0.29, 0.717) is 21.9 Å². The summed E-state index contributed by atoms with van der Waals surface area (Å²) in [6.45, 7) is 4.51. The molecule has 5 nitrogen and oxygen atoms in total. The lowest BCUT2D eigenvalue weighted by molar-refractivity contribution is -0.113. The molecule has 2 heterocycles. The van der Waals surface area contributed by atoms with E-state index in [4.69, 9.17) is 4.98 Å². The number of fused-ring (bicyclic) bond motifs is 1. The van der Waals surface area contributed by atoms with E-state index in [1.165, 1.54) is 28.7 Å². The molecule has 0 aliphatic rings. The number of carbonyl (C=O) groups is 1. The highest BCUT2D eigenvalue weighted by Crippen LogP contribution is 2.32. The van der Waals surface area contributed by atoms with E-state index in [9.17, 15) is 9.59 Å². The number of rotatable bonds is 7. The molecule has 0 unspecified atom stereocenters. The van der Waals surface area contributed by atoms with Crippen molar-refractivity contribution in [2.45, 2.75) is 32.0 Å². The van der Waals surface area contributed by atoms with Crippen molar-refractivity contribution in [1.82, 2.24) is 9.55 Å². The Kier molecular flexibility index (Phi) is 6.53. The number of thiophene rings is 1. The summed E-state index contributed by atoms with van der Waals surface area (Å²) in [7, 11) is 0. The van der Waals surface area contributed by atoms with Crippen molar-refractivity contribution in [2.75, 3.05) is 11.1 Å². The Labute approximate surface area is 189 Å². The minimum atomic E-state index is -0.124. The number of carbonyl (C=O) groups excluding carboxylic acids is 1. The fourth-order valence-electron chi connectivity index (χ4n) is 3.28. The van der Waals surface area contributed by atoms with Crippen LogP contribution >= 0.6 is 23.1 Å². The molecule has 7 heteroatoms. The molecule has 0 saturated heterocycles. The lowest BCUT2D eigenvalue weighted by Crippen LogP contribution is -2.22. The molecule has 2 aromatic heterocycles. The van der Waals surface area contributed by atoms with Gasteiger partial charge >= 0.3 is 0 Å². The normalized spacial score (nSPS) is 11.0. The first-order valence-electron chi connectivity index (χ1n) is 10.2. The molecule has 158 valence electrons. The van der Waals surface area contributed by atoms with E-state index in [2.05, 4.69) is 12.2 Å². The molecule has 0 saturated carbocycles. The second-order valence-electron chi connectivity index (χ2n) is 7.02. The maximum absolute atomic E-state index is 13.0. The molecular weight excluding hydrogens is 426 g/mol. The third kappa shape index (κ3) is 4.73. The SMILES string of the molecule is CCc1ccc(NC(=O)CSc2nc3cc(-c4ccccc4)sc3c(=O)n2CC)cc1.